The molecule has 31 heavy (non-hydrogen) atoms. The molecule has 1 aromatic heterocycles. The highest BCUT2D eigenvalue weighted by molar-refractivity contribution is 9.10. The van der Waals surface area contributed by atoms with Crippen LogP contribution in [0.25, 0.3) is 5.69 Å². The molecule has 0 saturated carbocycles. The number of halogens is 1. The van der Waals surface area contributed by atoms with E-state index in [0.717, 1.165) is 42.0 Å². The molecule has 2 aromatic carbocycles. The highest BCUT2D eigenvalue weighted by atomic mass is 79.9. The number of carbonyl (C=O) groups excluding carboxylic acids is 1. The Hall–Kier alpha value is -2.55. The molecule has 8 heteroatoms. The summed E-state index contributed by atoms with van der Waals surface area (Å²) in [5, 5.41) is 11.2. The largest absolute Gasteiger partial charge is 0.376 e. The van der Waals surface area contributed by atoms with Crippen LogP contribution < -0.4 is 5.32 Å². The van der Waals surface area contributed by atoms with Gasteiger partial charge in [-0.2, -0.15) is 0 Å². The normalized spacial score (nSPS) is 16.9. The summed E-state index contributed by atoms with van der Waals surface area (Å²) in [6.45, 7) is 7.93. The van der Waals surface area contributed by atoms with E-state index in [2.05, 4.69) is 55.5 Å². The zero-order chi connectivity index (χ0) is 21.8. The molecule has 1 fully saturated rings. The van der Waals surface area contributed by atoms with Gasteiger partial charge in [0.05, 0.1) is 24.1 Å². The number of nitrogens with one attached hydrogen (secondary N) is 1. The van der Waals surface area contributed by atoms with E-state index < -0.39 is 0 Å². The molecule has 1 N–H and O–H groups in total. The first-order valence-corrected chi connectivity index (χ1v) is 11.2. The molecule has 1 saturated heterocycles. The molecule has 0 aliphatic carbocycles. The Balaban J connectivity index is 1.39. The highest BCUT2D eigenvalue weighted by Crippen LogP contribution is 2.17. The summed E-state index contributed by atoms with van der Waals surface area (Å²) in [5.41, 5.74) is 4.18. The van der Waals surface area contributed by atoms with Crippen molar-refractivity contribution in [2.45, 2.75) is 33.0 Å². The number of hydrogen-bond donors (Lipinski definition) is 1. The number of amides is 1. The average Bonchev–Trinajstić information content (AvgIpc) is 3.14. The molecule has 0 radical (unpaired) electrons. The molecular formula is C23H26BrN5O2. The van der Waals surface area contributed by atoms with Crippen molar-refractivity contribution in [3.8, 4) is 5.69 Å². The molecule has 2 heterocycles. The van der Waals surface area contributed by atoms with E-state index in [1.165, 1.54) is 5.56 Å². The van der Waals surface area contributed by atoms with Gasteiger partial charge in [-0.3, -0.25) is 9.69 Å². The molecule has 0 spiro atoms. The number of ether oxygens (including phenoxy) is 1. The van der Waals surface area contributed by atoms with E-state index in [9.17, 15) is 4.79 Å². The van der Waals surface area contributed by atoms with Crippen molar-refractivity contribution in [3.05, 3.63) is 75.5 Å². The predicted octanol–water partition coefficient (Wildman–Crippen LogP) is 3.49. The lowest BCUT2D eigenvalue weighted by atomic mass is 10.1. The molecule has 0 bridgehead atoms. The molecule has 7 nitrogen and oxygen atoms in total. The van der Waals surface area contributed by atoms with Crippen LogP contribution in [0.15, 0.2) is 53.0 Å². The number of nitrogens with zero attached hydrogens (tertiary/aromatic N) is 4. The third kappa shape index (κ3) is 5.39. The first-order chi connectivity index (χ1) is 15.0. The van der Waals surface area contributed by atoms with Gasteiger partial charge in [-0.15, -0.1) is 5.10 Å². The molecule has 1 aliphatic heterocycles. The van der Waals surface area contributed by atoms with Crippen LogP contribution in [-0.4, -0.2) is 51.6 Å². The Kier molecular flexibility index (Phi) is 6.80. The summed E-state index contributed by atoms with van der Waals surface area (Å²) in [5.74, 6) is -0.230. The summed E-state index contributed by atoms with van der Waals surface area (Å²) in [7, 11) is 0. The molecule has 162 valence electrons. The van der Waals surface area contributed by atoms with Crippen molar-refractivity contribution in [1.82, 2.24) is 25.2 Å². The fourth-order valence-corrected chi connectivity index (χ4v) is 4.18. The van der Waals surface area contributed by atoms with Gasteiger partial charge in [0.2, 0.25) is 0 Å². The van der Waals surface area contributed by atoms with Crippen molar-refractivity contribution in [1.29, 1.82) is 0 Å². The minimum absolute atomic E-state index is 0.230. The van der Waals surface area contributed by atoms with E-state index in [4.69, 9.17) is 4.74 Å². The molecule has 1 atom stereocenters. The van der Waals surface area contributed by atoms with Gasteiger partial charge < -0.3 is 10.1 Å². The third-order valence-corrected chi connectivity index (χ3v) is 5.83. The lowest BCUT2D eigenvalue weighted by Crippen LogP contribution is -2.40. The second-order valence-electron chi connectivity index (χ2n) is 7.83. The van der Waals surface area contributed by atoms with Crippen LogP contribution in [0, 0.1) is 6.92 Å². The van der Waals surface area contributed by atoms with Crippen LogP contribution in [0.3, 0.4) is 0 Å². The first-order valence-electron chi connectivity index (χ1n) is 10.4. The number of hydrogen-bond acceptors (Lipinski definition) is 5. The maximum atomic E-state index is 12.7. The van der Waals surface area contributed by atoms with Gasteiger partial charge in [-0.1, -0.05) is 51.5 Å². The minimum Gasteiger partial charge on any atom is -0.376 e. The molecule has 1 aliphatic rings. The summed E-state index contributed by atoms with van der Waals surface area (Å²) >= 11 is 3.46. The smallest absolute Gasteiger partial charge is 0.274 e. The van der Waals surface area contributed by atoms with Gasteiger partial charge in [0.1, 0.15) is 0 Å². The van der Waals surface area contributed by atoms with Crippen molar-refractivity contribution >= 4 is 21.8 Å². The van der Waals surface area contributed by atoms with E-state index in [1.54, 1.807) is 4.68 Å². The summed E-state index contributed by atoms with van der Waals surface area (Å²) in [6.07, 6.45) is 0.268. The zero-order valence-electron chi connectivity index (χ0n) is 17.7. The quantitative estimate of drug-likeness (QED) is 0.580. The number of aromatic nitrogens is 3. The predicted molar refractivity (Wildman–Crippen MR) is 122 cm³/mol. The maximum Gasteiger partial charge on any atom is 0.274 e. The molecule has 1 unspecified atom stereocenters. The lowest BCUT2D eigenvalue weighted by molar-refractivity contribution is -0.0212. The minimum atomic E-state index is -0.230. The van der Waals surface area contributed by atoms with Crippen LogP contribution in [0.4, 0.5) is 0 Å². The van der Waals surface area contributed by atoms with E-state index in [1.807, 2.05) is 43.3 Å². The van der Waals surface area contributed by atoms with Crippen molar-refractivity contribution in [2.24, 2.45) is 0 Å². The molecule has 3 aromatic rings. The van der Waals surface area contributed by atoms with Gasteiger partial charge in [0.15, 0.2) is 5.69 Å². The van der Waals surface area contributed by atoms with E-state index >= 15 is 0 Å². The van der Waals surface area contributed by atoms with Crippen molar-refractivity contribution in [2.75, 3.05) is 19.7 Å². The van der Waals surface area contributed by atoms with Crippen LogP contribution in [0.2, 0.25) is 0 Å². The number of morpholine rings is 1. The monoisotopic (exact) mass is 483 g/mol. The Morgan fingerprint density at radius 3 is 2.84 bits per heavy atom. The molecule has 4 rings (SSSR count). The zero-order valence-corrected chi connectivity index (χ0v) is 19.3. The standard InChI is InChI=1S/C23H26BrN5O2/c1-16-14-28(9-10-31-16)15-19-6-3-5-18(11-19)13-25-23(30)22-17(2)29(27-26-22)21-8-4-7-20(24)12-21/h3-8,11-12,16H,9-10,13-15H2,1-2H3,(H,25,30). The third-order valence-electron chi connectivity index (χ3n) is 5.34. The second-order valence-corrected chi connectivity index (χ2v) is 8.75. The van der Waals surface area contributed by atoms with Gasteiger partial charge >= 0.3 is 0 Å². The summed E-state index contributed by atoms with van der Waals surface area (Å²) < 4.78 is 8.23. The highest BCUT2D eigenvalue weighted by Gasteiger charge is 2.18. The SMILES string of the molecule is Cc1c(C(=O)NCc2cccc(CN3CCOC(C)C3)c2)nnn1-c1cccc(Br)c1. The second kappa shape index (κ2) is 9.72. The summed E-state index contributed by atoms with van der Waals surface area (Å²) in [6, 6.07) is 16.1. The van der Waals surface area contributed by atoms with Crippen molar-refractivity contribution < 1.29 is 9.53 Å². The average molecular weight is 484 g/mol. The number of benzene rings is 2. The first kappa shape index (κ1) is 21.7. The number of rotatable bonds is 6. The fraction of sp³-hybridized carbons (Fsp3) is 0.348. The van der Waals surface area contributed by atoms with Gasteiger partial charge in [0.25, 0.3) is 5.91 Å². The Morgan fingerprint density at radius 2 is 2.03 bits per heavy atom. The lowest BCUT2D eigenvalue weighted by Gasteiger charge is -2.31. The van der Waals surface area contributed by atoms with Crippen molar-refractivity contribution in [3.63, 3.8) is 0 Å². The van der Waals surface area contributed by atoms with Crippen LogP contribution in [0.1, 0.15) is 34.2 Å². The van der Waals surface area contributed by atoms with Crippen LogP contribution >= 0.6 is 15.9 Å². The Morgan fingerprint density at radius 1 is 1.23 bits per heavy atom. The molecule has 1 amide bonds. The van der Waals surface area contributed by atoms with Gasteiger partial charge in [0, 0.05) is 30.7 Å². The van der Waals surface area contributed by atoms with Gasteiger partial charge in [-0.25, -0.2) is 4.68 Å². The Labute approximate surface area is 190 Å². The van der Waals surface area contributed by atoms with Crippen LogP contribution in [-0.2, 0) is 17.8 Å². The van der Waals surface area contributed by atoms with E-state index in [0.29, 0.717) is 17.9 Å². The number of carbonyl (C=O) groups is 1. The summed E-state index contributed by atoms with van der Waals surface area (Å²) in [4.78, 5) is 15.1. The Bertz CT molecular complexity index is 1070. The fourth-order valence-electron chi connectivity index (χ4n) is 3.79. The maximum absolute atomic E-state index is 12.7. The van der Waals surface area contributed by atoms with E-state index in [-0.39, 0.29) is 12.0 Å². The van der Waals surface area contributed by atoms with Crippen LogP contribution in [0.5, 0.6) is 0 Å². The topological polar surface area (TPSA) is 72.3 Å². The van der Waals surface area contributed by atoms with Gasteiger partial charge in [-0.05, 0) is 43.2 Å². The molecular weight excluding hydrogens is 458 g/mol.